The molecule has 0 aliphatic rings. The van der Waals surface area contributed by atoms with Crippen molar-refractivity contribution >= 4 is 38.2 Å². The highest BCUT2D eigenvalue weighted by Crippen LogP contribution is 2.35. The largest absolute Gasteiger partial charge is 0.366 e. The normalized spacial score (nSPS) is 11.6. The van der Waals surface area contributed by atoms with E-state index in [9.17, 15) is 4.79 Å². The van der Waals surface area contributed by atoms with Gasteiger partial charge in [0.15, 0.2) is 0 Å². The minimum atomic E-state index is -0.407. The van der Waals surface area contributed by atoms with Gasteiger partial charge in [0.2, 0.25) is 5.91 Å². The highest BCUT2D eigenvalue weighted by molar-refractivity contribution is 6.26. The van der Waals surface area contributed by atoms with E-state index in [2.05, 4.69) is 24.3 Å². The van der Waals surface area contributed by atoms with Crippen LogP contribution in [0.1, 0.15) is 10.4 Å². The van der Waals surface area contributed by atoms with Crippen molar-refractivity contribution in [2.45, 2.75) is 0 Å². The van der Waals surface area contributed by atoms with Gasteiger partial charge in [-0.2, -0.15) is 0 Å². The maximum Gasteiger partial charge on any atom is 0.249 e. The number of primary amides is 1. The van der Waals surface area contributed by atoms with E-state index in [0.717, 1.165) is 21.5 Å². The summed E-state index contributed by atoms with van der Waals surface area (Å²) >= 11 is 0. The quantitative estimate of drug-likeness (QED) is 0.512. The Hall–Kier alpha value is -2.61. The van der Waals surface area contributed by atoms with Crippen LogP contribution in [0.3, 0.4) is 0 Å². The standard InChI is InChI=1S/C17H10NO/c18-17(19)14-9-12-5-1-3-10-7-8-11-4-2-6-13(14)16(11)15(10)12/h1-5,7-9H,(H2,18,19). The van der Waals surface area contributed by atoms with Gasteiger partial charge in [-0.1, -0.05) is 42.5 Å². The highest BCUT2D eigenvalue weighted by Gasteiger charge is 2.13. The second-order valence-corrected chi connectivity index (χ2v) is 4.75. The van der Waals surface area contributed by atoms with Crippen LogP contribution in [0.15, 0.2) is 48.5 Å². The van der Waals surface area contributed by atoms with E-state index in [0.29, 0.717) is 5.56 Å². The summed E-state index contributed by atoms with van der Waals surface area (Å²) in [5.41, 5.74) is 6.04. The van der Waals surface area contributed by atoms with Gasteiger partial charge in [0.05, 0.1) is 0 Å². The molecule has 0 aliphatic carbocycles. The number of carbonyl (C=O) groups excluding carboxylic acids is 1. The SMILES string of the molecule is NC(=O)c1cc2cccc3ccc4cc[c]c1c4c32. The summed E-state index contributed by atoms with van der Waals surface area (Å²) in [7, 11) is 0. The Kier molecular flexibility index (Phi) is 1.88. The summed E-state index contributed by atoms with van der Waals surface area (Å²) in [6.07, 6.45) is 0. The molecule has 0 bridgehead atoms. The molecule has 0 aromatic heterocycles. The Bertz CT molecular complexity index is 940. The third-order valence-electron chi connectivity index (χ3n) is 3.69. The first-order valence-electron chi connectivity index (χ1n) is 6.14. The predicted molar refractivity (Wildman–Crippen MR) is 77.5 cm³/mol. The van der Waals surface area contributed by atoms with E-state index in [1.807, 2.05) is 30.3 Å². The summed E-state index contributed by atoms with van der Waals surface area (Å²) < 4.78 is 0. The number of nitrogens with two attached hydrogens (primary N) is 1. The first-order valence-corrected chi connectivity index (χ1v) is 6.14. The molecule has 0 atom stereocenters. The molecule has 0 heterocycles. The molecule has 0 aliphatic heterocycles. The van der Waals surface area contributed by atoms with Crippen molar-refractivity contribution in [3.05, 3.63) is 60.2 Å². The van der Waals surface area contributed by atoms with Gasteiger partial charge in [0, 0.05) is 10.9 Å². The van der Waals surface area contributed by atoms with Crippen LogP contribution in [-0.4, -0.2) is 5.91 Å². The lowest BCUT2D eigenvalue weighted by atomic mass is 9.91. The van der Waals surface area contributed by atoms with Gasteiger partial charge in [-0.05, 0) is 39.1 Å². The van der Waals surface area contributed by atoms with Gasteiger partial charge in [0.25, 0.3) is 0 Å². The van der Waals surface area contributed by atoms with Crippen LogP contribution in [0.25, 0.3) is 32.3 Å². The molecular weight excluding hydrogens is 234 g/mol. The second kappa shape index (κ2) is 3.45. The third kappa shape index (κ3) is 1.28. The van der Waals surface area contributed by atoms with Crippen molar-refractivity contribution in [2.75, 3.05) is 0 Å². The van der Waals surface area contributed by atoms with E-state index in [4.69, 9.17) is 5.73 Å². The Morgan fingerprint density at radius 2 is 1.68 bits per heavy atom. The second-order valence-electron chi connectivity index (χ2n) is 4.75. The van der Waals surface area contributed by atoms with Crippen LogP contribution < -0.4 is 5.73 Å². The van der Waals surface area contributed by atoms with Crippen molar-refractivity contribution < 1.29 is 4.79 Å². The van der Waals surface area contributed by atoms with E-state index < -0.39 is 5.91 Å². The smallest absolute Gasteiger partial charge is 0.249 e. The molecule has 89 valence electrons. The van der Waals surface area contributed by atoms with E-state index in [1.54, 1.807) is 0 Å². The molecule has 0 spiro atoms. The van der Waals surface area contributed by atoms with Gasteiger partial charge in [-0.3, -0.25) is 4.79 Å². The molecule has 0 unspecified atom stereocenters. The van der Waals surface area contributed by atoms with Crippen LogP contribution in [-0.2, 0) is 0 Å². The summed E-state index contributed by atoms with van der Waals surface area (Å²) in [6, 6.07) is 19.1. The zero-order valence-electron chi connectivity index (χ0n) is 10.1. The molecule has 2 heteroatoms. The van der Waals surface area contributed by atoms with Crippen molar-refractivity contribution in [1.82, 2.24) is 0 Å². The predicted octanol–water partition coefficient (Wildman–Crippen LogP) is 3.48. The van der Waals surface area contributed by atoms with Crippen molar-refractivity contribution in [1.29, 1.82) is 0 Å². The maximum atomic E-state index is 11.7. The molecule has 0 fully saturated rings. The van der Waals surface area contributed by atoms with Gasteiger partial charge >= 0.3 is 0 Å². The van der Waals surface area contributed by atoms with Crippen LogP contribution in [0.2, 0.25) is 0 Å². The zero-order chi connectivity index (χ0) is 13.0. The highest BCUT2D eigenvalue weighted by atomic mass is 16.1. The van der Waals surface area contributed by atoms with Crippen molar-refractivity contribution in [2.24, 2.45) is 5.73 Å². The fourth-order valence-electron chi connectivity index (χ4n) is 2.87. The van der Waals surface area contributed by atoms with Crippen molar-refractivity contribution in [3.63, 3.8) is 0 Å². The van der Waals surface area contributed by atoms with Gasteiger partial charge in [-0.25, -0.2) is 0 Å². The van der Waals surface area contributed by atoms with E-state index in [1.165, 1.54) is 10.8 Å². The molecule has 2 N–H and O–H groups in total. The van der Waals surface area contributed by atoms with Crippen LogP contribution in [0.4, 0.5) is 0 Å². The number of rotatable bonds is 1. The first-order chi connectivity index (χ1) is 9.25. The summed E-state index contributed by atoms with van der Waals surface area (Å²) in [4.78, 5) is 11.7. The molecule has 4 rings (SSSR count). The molecule has 0 saturated heterocycles. The summed E-state index contributed by atoms with van der Waals surface area (Å²) in [5, 5.41) is 6.40. The van der Waals surface area contributed by atoms with Gasteiger partial charge in [-0.15, -0.1) is 0 Å². The number of amides is 1. The fraction of sp³-hybridized carbons (Fsp3) is 0. The Balaban J connectivity index is 2.42. The molecule has 0 saturated carbocycles. The van der Waals surface area contributed by atoms with E-state index >= 15 is 0 Å². The minimum Gasteiger partial charge on any atom is -0.366 e. The average Bonchev–Trinajstić information content (AvgIpc) is 2.44. The number of carbonyl (C=O) groups is 1. The lowest BCUT2D eigenvalue weighted by Gasteiger charge is -2.12. The number of hydrogen-bond acceptors (Lipinski definition) is 1. The third-order valence-corrected chi connectivity index (χ3v) is 3.69. The molecule has 1 radical (unpaired) electrons. The van der Waals surface area contributed by atoms with Crippen LogP contribution >= 0.6 is 0 Å². The molecule has 4 aromatic rings. The summed E-state index contributed by atoms with van der Waals surface area (Å²) in [5.74, 6) is -0.407. The Morgan fingerprint density at radius 1 is 0.947 bits per heavy atom. The van der Waals surface area contributed by atoms with Gasteiger partial charge in [0.1, 0.15) is 0 Å². The van der Waals surface area contributed by atoms with Gasteiger partial charge < -0.3 is 5.73 Å². The van der Waals surface area contributed by atoms with E-state index in [-0.39, 0.29) is 0 Å². The topological polar surface area (TPSA) is 43.1 Å². The zero-order valence-corrected chi connectivity index (χ0v) is 10.1. The maximum absolute atomic E-state index is 11.7. The molecular formula is C17H10NO. The molecule has 4 aromatic carbocycles. The molecule has 19 heavy (non-hydrogen) atoms. The van der Waals surface area contributed by atoms with Crippen molar-refractivity contribution in [3.8, 4) is 0 Å². The van der Waals surface area contributed by atoms with Crippen LogP contribution in [0, 0.1) is 6.07 Å². The monoisotopic (exact) mass is 244 g/mol. The molecule has 1 amide bonds. The number of benzene rings is 4. The number of hydrogen-bond donors (Lipinski definition) is 1. The fourth-order valence-corrected chi connectivity index (χ4v) is 2.87. The lowest BCUT2D eigenvalue weighted by molar-refractivity contribution is 0.100. The Morgan fingerprint density at radius 3 is 2.47 bits per heavy atom. The first kappa shape index (κ1) is 10.3. The van der Waals surface area contributed by atoms with Crippen LogP contribution in [0.5, 0.6) is 0 Å². The Labute approximate surface area is 109 Å². The average molecular weight is 244 g/mol. The molecule has 2 nitrogen and oxygen atoms in total. The minimum absolute atomic E-state index is 0.407. The lowest BCUT2D eigenvalue weighted by Crippen LogP contribution is -2.11. The summed E-state index contributed by atoms with van der Waals surface area (Å²) in [6.45, 7) is 0.